The van der Waals surface area contributed by atoms with Crippen molar-refractivity contribution in [3.63, 3.8) is 0 Å². The molecular weight excluding hydrogens is 214 g/mol. The lowest BCUT2D eigenvalue weighted by molar-refractivity contribution is -0.139. The summed E-state index contributed by atoms with van der Waals surface area (Å²) in [6.07, 6.45) is 3.10. The average molecular weight is 233 g/mol. The number of carboxylic acids is 1. The fourth-order valence-electron chi connectivity index (χ4n) is 1.47. The molecule has 0 bridgehead atoms. The zero-order valence-corrected chi connectivity index (χ0v) is 10.3. The number of amides is 1. The first-order chi connectivity index (χ1) is 6.99. The van der Waals surface area contributed by atoms with Crippen LogP contribution >= 0.6 is 11.8 Å². The van der Waals surface area contributed by atoms with Crippen LogP contribution in [-0.2, 0) is 9.59 Å². The van der Waals surface area contributed by atoms with Crippen molar-refractivity contribution in [2.24, 2.45) is 0 Å². The van der Waals surface area contributed by atoms with Gasteiger partial charge in [-0.3, -0.25) is 9.59 Å². The van der Waals surface area contributed by atoms with Crippen molar-refractivity contribution in [3.8, 4) is 0 Å². The topological polar surface area (TPSA) is 66.4 Å². The second-order valence-corrected chi connectivity index (χ2v) is 4.41. The zero-order chi connectivity index (χ0) is 11.9. The van der Waals surface area contributed by atoms with Crippen LogP contribution in [0.2, 0.25) is 0 Å². The minimum Gasteiger partial charge on any atom is -0.481 e. The van der Waals surface area contributed by atoms with Crippen molar-refractivity contribution in [3.05, 3.63) is 0 Å². The summed E-state index contributed by atoms with van der Waals surface area (Å²) in [5, 5.41) is 11.6. The molecule has 0 rings (SSSR count). The molecule has 0 atom stereocenters. The first-order valence-electron chi connectivity index (χ1n) is 5.01. The molecular formula is C10H19NO3S. The van der Waals surface area contributed by atoms with Crippen LogP contribution in [0.1, 0.15) is 33.1 Å². The molecule has 0 aromatic heterocycles. The van der Waals surface area contributed by atoms with Crippen molar-refractivity contribution >= 4 is 23.6 Å². The third-order valence-corrected chi connectivity index (χ3v) is 3.07. The van der Waals surface area contributed by atoms with Crippen molar-refractivity contribution in [1.82, 2.24) is 5.32 Å². The summed E-state index contributed by atoms with van der Waals surface area (Å²) in [5.41, 5.74) is -0.585. The molecule has 0 heterocycles. The van der Waals surface area contributed by atoms with Gasteiger partial charge < -0.3 is 10.4 Å². The van der Waals surface area contributed by atoms with Gasteiger partial charge in [0.25, 0.3) is 0 Å². The van der Waals surface area contributed by atoms with Gasteiger partial charge in [-0.15, -0.1) is 0 Å². The van der Waals surface area contributed by atoms with Gasteiger partial charge in [-0.2, -0.15) is 11.8 Å². The molecule has 1 amide bonds. The predicted octanol–water partition coefficient (Wildman–Crippen LogP) is 1.50. The number of carbonyl (C=O) groups excluding carboxylic acids is 1. The highest BCUT2D eigenvalue weighted by molar-refractivity contribution is 7.99. The van der Waals surface area contributed by atoms with Gasteiger partial charge in [0.05, 0.1) is 12.2 Å². The van der Waals surface area contributed by atoms with E-state index in [-0.39, 0.29) is 12.3 Å². The molecule has 0 fully saturated rings. The van der Waals surface area contributed by atoms with Gasteiger partial charge >= 0.3 is 5.97 Å². The molecule has 0 radical (unpaired) electrons. The molecule has 0 aromatic rings. The number of hydrogen-bond donors (Lipinski definition) is 2. The van der Waals surface area contributed by atoms with E-state index in [1.54, 1.807) is 0 Å². The Morgan fingerprint density at radius 3 is 2.20 bits per heavy atom. The standard InChI is InChI=1S/C10H19NO3S/c1-4-10(5-2,6-9(13)14)11-8(12)7-15-3/h4-7H2,1-3H3,(H,11,12)(H,13,14). The summed E-state index contributed by atoms with van der Waals surface area (Å²) >= 11 is 1.43. The van der Waals surface area contributed by atoms with E-state index in [9.17, 15) is 9.59 Å². The summed E-state index contributed by atoms with van der Waals surface area (Å²) in [6.45, 7) is 3.79. The summed E-state index contributed by atoms with van der Waals surface area (Å²) in [7, 11) is 0. The summed E-state index contributed by atoms with van der Waals surface area (Å²) in [6, 6.07) is 0. The third kappa shape index (κ3) is 5.06. The maximum atomic E-state index is 11.4. The summed E-state index contributed by atoms with van der Waals surface area (Å²) in [4.78, 5) is 22.1. The number of aliphatic carboxylic acids is 1. The normalized spacial score (nSPS) is 11.1. The highest BCUT2D eigenvalue weighted by atomic mass is 32.2. The second-order valence-electron chi connectivity index (χ2n) is 3.54. The number of nitrogens with one attached hydrogen (secondary N) is 1. The molecule has 4 nitrogen and oxygen atoms in total. The first-order valence-corrected chi connectivity index (χ1v) is 6.40. The van der Waals surface area contributed by atoms with E-state index in [0.29, 0.717) is 18.6 Å². The van der Waals surface area contributed by atoms with Gasteiger partial charge in [0.15, 0.2) is 0 Å². The maximum Gasteiger partial charge on any atom is 0.305 e. The quantitative estimate of drug-likeness (QED) is 0.699. The van der Waals surface area contributed by atoms with Crippen molar-refractivity contribution in [2.45, 2.75) is 38.6 Å². The van der Waals surface area contributed by atoms with Crippen LogP contribution in [0, 0.1) is 0 Å². The van der Waals surface area contributed by atoms with Gasteiger partial charge in [0.1, 0.15) is 0 Å². The molecule has 0 spiro atoms. The Balaban J connectivity index is 4.48. The largest absolute Gasteiger partial charge is 0.481 e. The third-order valence-electron chi connectivity index (χ3n) is 2.52. The molecule has 2 N–H and O–H groups in total. The Hall–Kier alpha value is -0.710. The Morgan fingerprint density at radius 2 is 1.87 bits per heavy atom. The number of carboxylic acid groups (broad SMARTS) is 1. The van der Waals surface area contributed by atoms with Crippen LogP contribution in [0.25, 0.3) is 0 Å². The lowest BCUT2D eigenvalue weighted by atomic mass is 9.89. The molecule has 0 saturated heterocycles. The maximum absolute atomic E-state index is 11.4. The zero-order valence-electron chi connectivity index (χ0n) is 9.50. The van der Waals surface area contributed by atoms with Crippen LogP contribution in [0.5, 0.6) is 0 Å². The molecule has 0 unspecified atom stereocenters. The number of thioether (sulfide) groups is 1. The predicted molar refractivity (Wildman–Crippen MR) is 62.1 cm³/mol. The molecule has 0 aliphatic carbocycles. The molecule has 5 heteroatoms. The van der Waals surface area contributed by atoms with E-state index < -0.39 is 11.5 Å². The Labute approximate surface area is 94.8 Å². The number of hydrogen-bond acceptors (Lipinski definition) is 3. The summed E-state index contributed by atoms with van der Waals surface area (Å²) < 4.78 is 0. The van der Waals surface area contributed by atoms with Crippen molar-refractivity contribution < 1.29 is 14.7 Å². The fourth-order valence-corrected chi connectivity index (χ4v) is 1.81. The SMILES string of the molecule is CCC(CC)(CC(=O)O)NC(=O)CSC. The lowest BCUT2D eigenvalue weighted by Crippen LogP contribution is -2.49. The average Bonchev–Trinajstić information content (AvgIpc) is 2.16. The highest BCUT2D eigenvalue weighted by Crippen LogP contribution is 2.19. The van der Waals surface area contributed by atoms with Gasteiger partial charge in [-0.25, -0.2) is 0 Å². The lowest BCUT2D eigenvalue weighted by Gasteiger charge is -2.31. The first kappa shape index (κ1) is 14.3. The van der Waals surface area contributed by atoms with E-state index >= 15 is 0 Å². The molecule has 0 aliphatic rings. The van der Waals surface area contributed by atoms with Gasteiger partial charge in [0.2, 0.25) is 5.91 Å². The molecule has 88 valence electrons. The second kappa shape index (κ2) is 6.71. The Kier molecular flexibility index (Phi) is 6.40. The molecule has 15 heavy (non-hydrogen) atoms. The Morgan fingerprint density at radius 1 is 1.33 bits per heavy atom. The van der Waals surface area contributed by atoms with Gasteiger partial charge in [0, 0.05) is 5.54 Å². The van der Waals surface area contributed by atoms with Crippen LogP contribution in [0.15, 0.2) is 0 Å². The van der Waals surface area contributed by atoms with E-state index in [4.69, 9.17) is 5.11 Å². The van der Waals surface area contributed by atoms with E-state index in [1.807, 2.05) is 20.1 Å². The number of carbonyl (C=O) groups is 2. The van der Waals surface area contributed by atoms with Crippen LogP contribution in [-0.4, -0.2) is 34.5 Å². The van der Waals surface area contributed by atoms with Gasteiger partial charge in [-0.1, -0.05) is 13.8 Å². The van der Waals surface area contributed by atoms with Crippen LogP contribution < -0.4 is 5.32 Å². The van der Waals surface area contributed by atoms with Crippen molar-refractivity contribution in [1.29, 1.82) is 0 Å². The molecule has 0 aromatic carbocycles. The molecule has 0 aliphatic heterocycles. The van der Waals surface area contributed by atoms with E-state index in [1.165, 1.54) is 11.8 Å². The smallest absolute Gasteiger partial charge is 0.305 e. The number of rotatable bonds is 7. The highest BCUT2D eigenvalue weighted by Gasteiger charge is 2.30. The van der Waals surface area contributed by atoms with Crippen LogP contribution in [0.3, 0.4) is 0 Å². The monoisotopic (exact) mass is 233 g/mol. The van der Waals surface area contributed by atoms with Crippen molar-refractivity contribution in [2.75, 3.05) is 12.0 Å². The van der Waals surface area contributed by atoms with Crippen LogP contribution in [0.4, 0.5) is 0 Å². The Bertz CT molecular complexity index is 227. The minimum absolute atomic E-state index is 0.0138. The fraction of sp³-hybridized carbons (Fsp3) is 0.800. The summed E-state index contributed by atoms with van der Waals surface area (Å²) in [5.74, 6) is -0.586. The van der Waals surface area contributed by atoms with E-state index in [0.717, 1.165) is 0 Å². The minimum atomic E-state index is -0.872. The van der Waals surface area contributed by atoms with Gasteiger partial charge in [-0.05, 0) is 19.1 Å². The van der Waals surface area contributed by atoms with E-state index in [2.05, 4.69) is 5.32 Å². The molecule has 0 saturated carbocycles.